The van der Waals surface area contributed by atoms with Crippen LogP contribution in [0, 0.1) is 0 Å². The standard InChI is InChI=1S/C14H18/c1-3-5-7-9-11-13-14-12-10-8-6-4-2/h3-9,11-12,14H,1-2,10,13H2. The Morgan fingerprint density at radius 1 is 0.571 bits per heavy atom. The van der Waals surface area contributed by atoms with Crippen LogP contribution in [0.3, 0.4) is 0 Å². The predicted molar refractivity (Wildman–Crippen MR) is 66.2 cm³/mol. The minimum atomic E-state index is 0.975. The van der Waals surface area contributed by atoms with Crippen LogP contribution < -0.4 is 0 Å². The van der Waals surface area contributed by atoms with Crippen molar-refractivity contribution in [2.24, 2.45) is 0 Å². The van der Waals surface area contributed by atoms with Crippen LogP contribution >= 0.6 is 0 Å². The average molecular weight is 186 g/mol. The lowest BCUT2D eigenvalue weighted by molar-refractivity contribution is 1.31. The molecule has 74 valence electrons. The maximum atomic E-state index is 3.60. The smallest absolute Gasteiger partial charge is 0.0166 e. The molecule has 0 spiro atoms. The van der Waals surface area contributed by atoms with Crippen LogP contribution in [0.15, 0.2) is 73.9 Å². The third-order valence-corrected chi connectivity index (χ3v) is 1.48. The van der Waals surface area contributed by atoms with Crippen molar-refractivity contribution in [2.45, 2.75) is 12.8 Å². The molecule has 0 rings (SSSR count). The molecule has 0 aliphatic heterocycles. The van der Waals surface area contributed by atoms with Gasteiger partial charge in [-0.25, -0.2) is 0 Å². The highest BCUT2D eigenvalue weighted by Crippen LogP contribution is 1.91. The first kappa shape index (κ1) is 12.4. The fraction of sp³-hybridized carbons (Fsp3) is 0.143. The van der Waals surface area contributed by atoms with E-state index in [9.17, 15) is 0 Å². The highest BCUT2D eigenvalue weighted by Gasteiger charge is 1.70. The number of allylic oxidation sites excluding steroid dienone is 10. The molecule has 0 heterocycles. The molecule has 0 nitrogen and oxygen atoms in total. The van der Waals surface area contributed by atoms with Gasteiger partial charge in [0.05, 0.1) is 0 Å². The van der Waals surface area contributed by atoms with Crippen LogP contribution in [0.25, 0.3) is 0 Å². The first-order chi connectivity index (χ1) is 6.91. The van der Waals surface area contributed by atoms with Gasteiger partial charge in [-0.05, 0) is 12.8 Å². The molecule has 0 atom stereocenters. The highest BCUT2D eigenvalue weighted by atomic mass is 13.8. The summed E-state index contributed by atoms with van der Waals surface area (Å²) in [6.07, 6.45) is 21.8. The molecule has 0 saturated heterocycles. The van der Waals surface area contributed by atoms with Gasteiger partial charge in [0.1, 0.15) is 0 Å². The Morgan fingerprint density at radius 3 is 1.71 bits per heavy atom. The topological polar surface area (TPSA) is 0 Å². The second kappa shape index (κ2) is 11.4. The van der Waals surface area contributed by atoms with Crippen LogP contribution in [0.5, 0.6) is 0 Å². The van der Waals surface area contributed by atoms with Gasteiger partial charge < -0.3 is 0 Å². The molecule has 0 amide bonds. The van der Waals surface area contributed by atoms with E-state index in [1.54, 1.807) is 12.2 Å². The molecule has 0 radical (unpaired) electrons. The van der Waals surface area contributed by atoms with Crippen LogP contribution in [-0.2, 0) is 0 Å². The van der Waals surface area contributed by atoms with Crippen molar-refractivity contribution in [1.29, 1.82) is 0 Å². The monoisotopic (exact) mass is 186 g/mol. The van der Waals surface area contributed by atoms with Crippen LogP contribution in [0.4, 0.5) is 0 Å². The van der Waals surface area contributed by atoms with Crippen LogP contribution in [0.1, 0.15) is 12.8 Å². The zero-order valence-electron chi connectivity index (χ0n) is 8.60. The summed E-state index contributed by atoms with van der Waals surface area (Å²) in [4.78, 5) is 0. The second-order valence-corrected chi connectivity index (χ2v) is 2.66. The lowest BCUT2D eigenvalue weighted by Crippen LogP contribution is -1.60. The normalized spacial score (nSPS) is 12.3. The van der Waals surface area contributed by atoms with E-state index >= 15 is 0 Å². The third kappa shape index (κ3) is 10.4. The van der Waals surface area contributed by atoms with E-state index in [4.69, 9.17) is 0 Å². The molecule has 14 heavy (non-hydrogen) atoms. The molecule has 0 aliphatic carbocycles. The third-order valence-electron chi connectivity index (χ3n) is 1.48. The van der Waals surface area contributed by atoms with Gasteiger partial charge in [-0.15, -0.1) is 0 Å². The summed E-state index contributed by atoms with van der Waals surface area (Å²) >= 11 is 0. The fourth-order valence-electron chi connectivity index (χ4n) is 0.824. The van der Waals surface area contributed by atoms with Crippen LogP contribution in [0.2, 0.25) is 0 Å². The molecule has 0 aromatic heterocycles. The van der Waals surface area contributed by atoms with Gasteiger partial charge in [0, 0.05) is 0 Å². The summed E-state index contributed by atoms with van der Waals surface area (Å²) in [5.41, 5.74) is 0. The van der Waals surface area contributed by atoms with Gasteiger partial charge >= 0.3 is 0 Å². The van der Waals surface area contributed by atoms with Gasteiger partial charge in [0.2, 0.25) is 0 Å². The van der Waals surface area contributed by atoms with Crippen LogP contribution in [-0.4, -0.2) is 0 Å². The van der Waals surface area contributed by atoms with Crippen molar-refractivity contribution in [2.75, 3.05) is 0 Å². The van der Waals surface area contributed by atoms with E-state index in [0.29, 0.717) is 0 Å². The second-order valence-electron chi connectivity index (χ2n) is 2.66. The number of hydrogen-bond donors (Lipinski definition) is 0. The Morgan fingerprint density at radius 2 is 1.14 bits per heavy atom. The SMILES string of the molecule is C=CC=CC=CCC=CCC=CC=C. The molecule has 0 N–H and O–H groups in total. The Bertz CT molecular complexity index is 249. The summed E-state index contributed by atoms with van der Waals surface area (Å²) < 4.78 is 0. The molecular formula is C14H18. The van der Waals surface area contributed by atoms with Crippen molar-refractivity contribution in [3.63, 3.8) is 0 Å². The largest absolute Gasteiger partial charge is 0.0991 e. The first-order valence-corrected chi connectivity index (χ1v) is 4.78. The summed E-state index contributed by atoms with van der Waals surface area (Å²) in [7, 11) is 0. The van der Waals surface area contributed by atoms with E-state index in [1.165, 1.54) is 0 Å². The van der Waals surface area contributed by atoms with Gasteiger partial charge in [-0.1, -0.05) is 73.9 Å². The lowest BCUT2D eigenvalue weighted by atomic mass is 10.3. The minimum absolute atomic E-state index is 0.975. The molecule has 0 aliphatic rings. The highest BCUT2D eigenvalue weighted by molar-refractivity contribution is 5.10. The lowest BCUT2D eigenvalue weighted by Gasteiger charge is -1.81. The summed E-state index contributed by atoms with van der Waals surface area (Å²) in [5, 5.41) is 0. The zero-order valence-corrected chi connectivity index (χ0v) is 8.60. The Hall–Kier alpha value is -1.56. The quantitative estimate of drug-likeness (QED) is 0.409. The number of hydrogen-bond acceptors (Lipinski definition) is 0. The Labute approximate surface area is 87.3 Å². The average Bonchev–Trinajstić information content (AvgIpc) is 2.21. The summed E-state index contributed by atoms with van der Waals surface area (Å²) in [6, 6.07) is 0. The van der Waals surface area contributed by atoms with E-state index in [1.807, 2.05) is 24.3 Å². The fourth-order valence-corrected chi connectivity index (χ4v) is 0.824. The molecule has 0 aromatic carbocycles. The van der Waals surface area contributed by atoms with Gasteiger partial charge in [-0.2, -0.15) is 0 Å². The molecule has 0 saturated carbocycles. The molecule has 0 bridgehead atoms. The summed E-state index contributed by atoms with van der Waals surface area (Å²) in [5.74, 6) is 0. The molecule has 0 aromatic rings. The Kier molecular flexibility index (Phi) is 10.2. The van der Waals surface area contributed by atoms with Gasteiger partial charge in [0.15, 0.2) is 0 Å². The van der Waals surface area contributed by atoms with Gasteiger partial charge in [0.25, 0.3) is 0 Å². The number of rotatable bonds is 7. The predicted octanol–water partition coefficient (Wildman–Crippen LogP) is 4.36. The summed E-state index contributed by atoms with van der Waals surface area (Å²) in [6.45, 7) is 7.18. The maximum absolute atomic E-state index is 3.60. The molecule has 0 unspecified atom stereocenters. The minimum Gasteiger partial charge on any atom is -0.0991 e. The van der Waals surface area contributed by atoms with Crippen molar-refractivity contribution < 1.29 is 0 Å². The van der Waals surface area contributed by atoms with Crippen molar-refractivity contribution >= 4 is 0 Å². The van der Waals surface area contributed by atoms with Crippen molar-refractivity contribution in [3.8, 4) is 0 Å². The maximum Gasteiger partial charge on any atom is -0.0166 e. The Balaban J connectivity index is 3.47. The van der Waals surface area contributed by atoms with E-state index in [0.717, 1.165) is 12.8 Å². The molecule has 0 fully saturated rings. The first-order valence-electron chi connectivity index (χ1n) is 4.78. The molecule has 0 heteroatoms. The van der Waals surface area contributed by atoms with Crippen molar-refractivity contribution in [3.05, 3.63) is 73.9 Å². The zero-order chi connectivity index (χ0) is 10.5. The van der Waals surface area contributed by atoms with E-state index in [-0.39, 0.29) is 0 Å². The van der Waals surface area contributed by atoms with E-state index in [2.05, 4.69) is 37.5 Å². The van der Waals surface area contributed by atoms with Crippen molar-refractivity contribution in [1.82, 2.24) is 0 Å². The molecular weight excluding hydrogens is 168 g/mol. The van der Waals surface area contributed by atoms with Gasteiger partial charge in [-0.3, -0.25) is 0 Å². The van der Waals surface area contributed by atoms with E-state index < -0.39 is 0 Å².